The predicted molar refractivity (Wildman–Crippen MR) is 111 cm³/mol. The van der Waals surface area contributed by atoms with Crippen LogP contribution < -0.4 is 0 Å². The van der Waals surface area contributed by atoms with Crippen LogP contribution in [-0.2, 0) is 5.41 Å². The average molecular weight is 393 g/mol. The van der Waals surface area contributed by atoms with Gasteiger partial charge in [0.25, 0.3) is 0 Å². The second-order valence-corrected chi connectivity index (χ2v) is 9.80. The van der Waals surface area contributed by atoms with E-state index in [1.807, 2.05) is 31.2 Å². The Labute approximate surface area is 168 Å². The Morgan fingerprint density at radius 2 is 2.04 bits per heavy atom. The molecule has 1 N–H and O–H groups in total. The van der Waals surface area contributed by atoms with Gasteiger partial charge >= 0.3 is 0 Å². The van der Waals surface area contributed by atoms with Gasteiger partial charge in [-0.2, -0.15) is 5.10 Å². The number of hydrogen-bond donors (Lipinski definition) is 1. The highest BCUT2D eigenvalue weighted by molar-refractivity contribution is 7.99. The zero-order valence-electron chi connectivity index (χ0n) is 16.7. The van der Waals surface area contributed by atoms with Crippen LogP contribution in [0.1, 0.15) is 67.0 Å². The molecule has 0 saturated heterocycles. The largest absolute Gasteiger partial charge is 0.358 e. The maximum Gasteiger partial charge on any atom is 0.209 e. The molecule has 1 aromatic carbocycles. The van der Waals surface area contributed by atoms with Gasteiger partial charge in [0.05, 0.1) is 17.1 Å². The summed E-state index contributed by atoms with van der Waals surface area (Å²) in [5.41, 5.74) is 5.06. The van der Waals surface area contributed by atoms with Crippen LogP contribution in [0.4, 0.5) is 0 Å². The van der Waals surface area contributed by atoms with E-state index < -0.39 is 0 Å². The molecule has 0 radical (unpaired) electrons. The van der Waals surface area contributed by atoms with Crippen LogP contribution in [0.5, 0.6) is 0 Å². The molecule has 2 aliphatic carbocycles. The molecule has 2 aliphatic rings. The normalized spacial score (nSPS) is 24.6. The SMILES string of the molecule is Cc1[nH]c2ccccc2c1C(=O)CSc1nnc2c(n1)[C@@]1(C)CC[C@@H]2C1(C)C. The van der Waals surface area contributed by atoms with Crippen molar-refractivity contribution in [2.24, 2.45) is 5.41 Å². The number of aromatic amines is 1. The highest BCUT2D eigenvalue weighted by atomic mass is 32.2. The van der Waals surface area contributed by atoms with E-state index >= 15 is 0 Å². The second-order valence-electron chi connectivity index (χ2n) is 8.86. The molecule has 0 unspecified atom stereocenters. The Kier molecular flexibility index (Phi) is 3.76. The molecule has 5 rings (SSSR count). The third-order valence-corrected chi connectivity index (χ3v) is 8.11. The number of carbonyl (C=O) groups excluding carboxylic acids is 1. The molecular formula is C22H24N4OS. The van der Waals surface area contributed by atoms with E-state index in [-0.39, 0.29) is 16.6 Å². The third kappa shape index (κ3) is 2.27. The Morgan fingerprint density at radius 1 is 1.25 bits per heavy atom. The van der Waals surface area contributed by atoms with Gasteiger partial charge in [-0.1, -0.05) is 50.7 Å². The Morgan fingerprint density at radius 3 is 2.86 bits per heavy atom. The molecule has 0 amide bonds. The average Bonchev–Trinajstić information content (AvgIpc) is 3.18. The van der Waals surface area contributed by atoms with E-state index in [9.17, 15) is 4.79 Å². The Hall–Kier alpha value is -2.21. The summed E-state index contributed by atoms with van der Waals surface area (Å²) in [4.78, 5) is 21.1. The van der Waals surface area contributed by atoms with Crippen LogP contribution in [0, 0.1) is 12.3 Å². The lowest BCUT2D eigenvalue weighted by atomic mass is 9.70. The molecule has 6 heteroatoms. The quantitative estimate of drug-likeness (QED) is 0.509. The smallest absolute Gasteiger partial charge is 0.209 e. The number of rotatable bonds is 4. The van der Waals surface area contributed by atoms with E-state index in [0.717, 1.165) is 46.4 Å². The molecule has 2 aromatic heterocycles. The topological polar surface area (TPSA) is 71.5 Å². The van der Waals surface area contributed by atoms with Gasteiger partial charge in [0, 0.05) is 33.5 Å². The number of aryl methyl sites for hydroxylation is 1. The molecule has 28 heavy (non-hydrogen) atoms. The van der Waals surface area contributed by atoms with Crippen molar-refractivity contribution in [1.29, 1.82) is 0 Å². The van der Waals surface area contributed by atoms with Gasteiger partial charge < -0.3 is 4.98 Å². The summed E-state index contributed by atoms with van der Waals surface area (Å²) in [5.74, 6) is 0.853. The van der Waals surface area contributed by atoms with Gasteiger partial charge in [0.1, 0.15) is 0 Å². The van der Waals surface area contributed by atoms with Crippen molar-refractivity contribution in [2.45, 2.75) is 57.0 Å². The zero-order valence-corrected chi connectivity index (χ0v) is 17.5. The van der Waals surface area contributed by atoms with Crippen LogP contribution in [0.25, 0.3) is 10.9 Å². The van der Waals surface area contributed by atoms with E-state index in [1.165, 1.54) is 11.8 Å². The highest BCUT2D eigenvalue weighted by Gasteiger charge is 2.61. The molecule has 1 saturated carbocycles. The van der Waals surface area contributed by atoms with Crippen molar-refractivity contribution in [2.75, 3.05) is 5.75 Å². The van der Waals surface area contributed by atoms with Gasteiger partial charge in [-0.25, -0.2) is 4.98 Å². The number of Topliss-reactive ketones (excluding diaryl/α,β-unsaturated/α-hetero) is 1. The van der Waals surface area contributed by atoms with Crippen molar-refractivity contribution >= 4 is 28.4 Å². The first-order chi connectivity index (χ1) is 13.3. The van der Waals surface area contributed by atoms with E-state index in [0.29, 0.717) is 16.8 Å². The summed E-state index contributed by atoms with van der Waals surface area (Å²) in [7, 11) is 0. The lowest BCUT2D eigenvalue weighted by molar-refractivity contribution is 0.102. The molecule has 0 aliphatic heterocycles. The molecule has 2 bridgehead atoms. The van der Waals surface area contributed by atoms with Gasteiger partial charge in [0.15, 0.2) is 5.78 Å². The molecule has 144 valence electrons. The summed E-state index contributed by atoms with van der Waals surface area (Å²) in [5, 5.41) is 10.5. The zero-order chi connectivity index (χ0) is 19.7. The van der Waals surface area contributed by atoms with Gasteiger partial charge in [0.2, 0.25) is 5.16 Å². The minimum absolute atomic E-state index is 0.0513. The minimum atomic E-state index is 0.0513. The van der Waals surface area contributed by atoms with E-state index in [1.54, 1.807) is 0 Å². The number of nitrogens with one attached hydrogen (secondary N) is 1. The number of para-hydroxylation sites is 1. The summed E-state index contributed by atoms with van der Waals surface area (Å²) >= 11 is 1.39. The lowest BCUT2D eigenvalue weighted by Crippen LogP contribution is -2.32. The van der Waals surface area contributed by atoms with Gasteiger partial charge in [-0.15, -0.1) is 5.10 Å². The monoisotopic (exact) mass is 392 g/mol. The number of H-pyrrole nitrogens is 1. The molecule has 2 heterocycles. The Bertz CT molecular complexity index is 1120. The van der Waals surface area contributed by atoms with Crippen LogP contribution in [0.2, 0.25) is 0 Å². The maximum absolute atomic E-state index is 12.9. The number of hydrogen-bond acceptors (Lipinski definition) is 5. The number of aromatic nitrogens is 4. The van der Waals surface area contributed by atoms with Crippen LogP contribution in [0.15, 0.2) is 29.4 Å². The maximum atomic E-state index is 12.9. The van der Waals surface area contributed by atoms with Crippen LogP contribution in [0.3, 0.4) is 0 Å². The van der Waals surface area contributed by atoms with Crippen molar-refractivity contribution < 1.29 is 4.79 Å². The summed E-state index contributed by atoms with van der Waals surface area (Å²) in [6, 6.07) is 7.92. The Balaban J connectivity index is 1.40. The number of carbonyl (C=O) groups is 1. The van der Waals surface area contributed by atoms with Crippen LogP contribution in [-0.4, -0.2) is 31.7 Å². The number of fused-ring (bicyclic) bond motifs is 6. The number of ketones is 1. The van der Waals surface area contributed by atoms with Gasteiger partial charge in [-0.05, 0) is 31.2 Å². The first-order valence-corrected chi connectivity index (χ1v) is 10.8. The molecule has 1 fully saturated rings. The minimum Gasteiger partial charge on any atom is -0.358 e. The van der Waals surface area contributed by atoms with E-state index in [4.69, 9.17) is 4.98 Å². The van der Waals surface area contributed by atoms with Crippen molar-refractivity contribution in [1.82, 2.24) is 20.2 Å². The second kappa shape index (κ2) is 5.89. The first kappa shape index (κ1) is 17.9. The molecule has 5 nitrogen and oxygen atoms in total. The van der Waals surface area contributed by atoms with Crippen LogP contribution >= 0.6 is 11.8 Å². The number of nitrogens with zero attached hydrogens (tertiary/aromatic N) is 3. The fourth-order valence-corrected chi connectivity index (χ4v) is 5.92. The summed E-state index contributed by atoms with van der Waals surface area (Å²) in [6.07, 6.45) is 2.31. The predicted octanol–water partition coefficient (Wildman–Crippen LogP) is 4.81. The highest BCUT2D eigenvalue weighted by Crippen LogP contribution is 2.66. The third-order valence-electron chi connectivity index (χ3n) is 7.28. The fourth-order valence-electron chi connectivity index (χ4n) is 5.26. The molecule has 0 spiro atoms. The summed E-state index contributed by atoms with van der Waals surface area (Å²) < 4.78 is 0. The van der Waals surface area contributed by atoms with Crippen molar-refractivity contribution in [3.05, 3.63) is 46.9 Å². The number of benzene rings is 1. The van der Waals surface area contributed by atoms with E-state index in [2.05, 4.69) is 36.0 Å². The van der Waals surface area contributed by atoms with Crippen molar-refractivity contribution in [3.8, 4) is 0 Å². The molecule has 2 atom stereocenters. The standard InChI is InChI=1S/C22H24N4OS/c1-12-17(13-7-5-6-8-15(13)23-12)16(27)11-28-20-24-19-18(25-26-20)14-9-10-22(19,4)21(14,2)3/h5-8,14,23H,9-11H2,1-4H3/t14-,22+/m0/s1. The first-order valence-electron chi connectivity index (χ1n) is 9.81. The lowest BCUT2D eigenvalue weighted by Gasteiger charge is -2.33. The molecule has 3 aromatic rings. The van der Waals surface area contributed by atoms with Crippen molar-refractivity contribution in [3.63, 3.8) is 0 Å². The molecular weight excluding hydrogens is 368 g/mol. The van der Waals surface area contributed by atoms with Gasteiger partial charge in [-0.3, -0.25) is 4.79 Å². The number of thioether (sulfide) groups is 1. The fraction of sp³-hybridized carbons (Fsp3) is 0.455. The summed E-state index contributed by atoms with van der Waals surface area (Å²) in [6.45, 7) is 8.90.